The molecule has 1 aliphatic rings. The van der Waals surface area contributed by atoms with Crippen molar-refractivity contribution in [2.24, 2.45) is 0 Å². The van der Waals surface area contributed by atoms with E-state index < -0.39 is 0 Å². The van der Waals surface area contributed by atoms with Gasteiger partial charge < -0.3 is 15.2 Å². The van der Waals surface area contributed by atoms with E-state index in [0.29, 0.717) is 35.8 Å². The fourth-order valence-electron chi connectivity index (χ4n) is 2.84. The van der Waals surface area contributed by atoms with Gasteiger partial charge in [-0.2, -0.15) is 15.4 Å². The summed E-state index contributed by atoms with van der Waals surface area (Å²) in [5, 5.41) is 13.8. The number of nitrogens with zero attached hydrogens (tertiary/aromatic N) is 5. The van der Waals surface area contributed by atoms with Crippen molar-refractivity contribution in [1.29, 1.82) is 0 Å². The predicted octanol–water partition coefficient (Wildman–Crippen LogP) is 0.0289. The zero-order chi connectivity index (χ0) is 17.4. The van der Waals surface area contributed by atoms with E-state index in [0.717, 1.165) is 11.8 Å². The molecule has 1 unspecified atom stereocenters. The zero-order valence-electron chi connectivity index (χ0n) is 13.5. The zero-order valence-corrected chi connectivity index (χ0v) is 13.5. The predicted molar refractivity (Wildman–Crippen MR) is 86.8 cm³/mol. The molecule has 1 saturated heterocycles. The van der Waals surface area contributed by atoms with Gasteiger partial charge in [0.15, 0.2) is 5.69 Å². The summed E-state index contributed by atoms with van der Waals surface area (Å²) in [6, 6.07) is 1.66. The van der Waals surface area contributed by atoms with E-state index in [1.807, 2.05) is 0 Å². The van der Waals surface area contributed by atoms with Crippen LogP contribution in [0.4, 0.5) is 0 Å². The molecule has 3 aromatic rings. The molecule has 0 aromatic carbocycles. The number of carbonyl (C=O) groups is 2. The van der Waals surface area contributed by atoms with Gasteiger partial charge in [0.2, 0.25) is 0 Å². The Morgan fingerprint density at radius 2 is 2.28 bits per heavy atom. The van der Waals surface area contributed by atoms with Crippen LogP contribution in [-0.2, 0) is 0 Å². The maximum atomic E-state index is 12.4. The van der Waals surface area contributed by atoms with Crippen molar-refractivity contribution in [3.8, 4) is 0 Å². The highest BCUT2D eigenvalue weighted by Gasteiger charge is 2.34. The van der Waals surface area contributed by atoms with Gasteiger partial charge in [-0.1, -0.05) is 0 Å². The van der Waals surface area contributed by atoms with Gasteiger partial charge in [-0.3, -0.25) is 9.59 Å². The van der Waals surface area contributed by atoms with Crippen LogP contribution in [0, 0.1) is 6.92 Å². The molecule has 3 N–H and O–H groups in total. The Bertz CT molecular complexity index is 913. The summed E-state index contributed by atoms with van der Waals surface area (Å²) in [5.74, 6) is -0.410. The quantitative estimate of drug-likeness (QED) is 0.614. The van der Waals surface area contributed by atoms with Crippen molar-refractivity contribution in [1.82, 2.24) is 40.6 Å². The molecule has 0 saturated carbocycles. The molecule has 10 nitrogen and oxygen atoms in total. The Morgan fingerprint density at radius 3 is 2.96 bits per heavy atom. The van der Waals surface area contributed by atoms with Crippen molar-refractivity contribution < 1.29 is 9.59 Å². The van der Waals surface area contributed by atoms with Crippen molar-refractivity contribution in [2.75, 3.05) is 13.1 Å². The van der Waals surface area contributed by atoms with Crippen LogP contribution in [0.15, 0.2) is 18.6 Å². The lowest BCUT2D eigenvalue weighted by atomic mass is 10.0. The third-order valence-corrected chi connectivity index (χ3v) is 4.37. The molecule has 1 atom stereocenters. The van der Waals surface area contributed by atoms with Crippen molar-refractivity contribution in [3.63, 3.8) is 0 Å². The van der Waals surface area contributed by atoms with E-state index in [4.69, 9.17) is 0 Å². The number of rotatable bonds is 4. The van der Waals surface area contributed by atoms with Gasteiger partial charge in [0.1, 0.15) is 17.7 Å². The molecule has 0 bridgehead atoms. The fraction of sp³-hybridized carbons (Fsp3) is 0.333. The summed E-state index contributed by atoms with van der Waals surface area (Å²) in [5.41, 5.74) is 1.92. The van der Waals surface area contributed by atoms with E-state index in [1.54, 1.807) is 24.1 Å². The number of likely N-dealkylation sites (tertiary alicyclic amines) is 1. The normalized spacial score (nSPS) is 16.7. The van der Waals surface area contributed by atoms with Gasteiger partial charge in [-0.05, 0) is 19.4 Å². The molecule has 128 valence electrons. The van der Waals surface area contributed by atoms with Crippen LogP contribution in [0.3, 0.4) is 0 Å². The molecular weight excluding hydrogens is 324 g/mol. The monoisotopic (exact) mass is 340 g/mol. The first-order chi connectivity index (χ1) is 12.1. The maximum Gasteiger partial charge on any atom is 0.276 e. The second-order valence-corrected chi connectivity index (χ2v) is 5.92. The number of H-pyrrole nitrogens is 2. The number of fused-ring (bicyclic) bond motifs is 1. The van der Waals surface area contributed by atoms with Gasteiger partial charge in [0.25, 0.3) is 11.8 Å². The van der Waals surface area contributed by atoms with Crippen LogP contribution in [-0.4, -0.2) is 66.2 Å². The molecule has 0 spiro atoms. The molecule has 3 aromatic heterocycles. The summed E-state index contributed by atoms with van der Waals surface area (Å²) in [6.07, 6.45) is 3.90. The first-order valence-electron chi connectivity index (χ1n) is 7.88. The molecule has 1 fully saturated rings. The molecular formula is C15H16N8O2. The molecule has 10 heteroatoms. The molecule has 4 heterocycles. The second-order valence-electron chi connectivity index (χ2n) is 5.92. The highest BCUT2D eigenvalue weighted by molar-refractivity contribution is 5.97. The number of aromatic nitrogens is 6. The lowest BCUT2D eigenvalue weighted by molar-refractivity contribution is 0.0449. The van der Waals surface area contributed by atoms with Crippen LogP contribution in [0.2, 0.25) is 0 Å². The summed E-state index contributed by atoms with van der Waals surface area (Å²) >= 11 is 0. The Kier molecular flexibility index (Phi) is 3.64. The van der Waals surface area contributed by atoms with Crippen LogP contribution >= 0.6 is 0 Å². The molecule has 25 heavy (non-hydrogen) atoms. The minimum Gasteiger partial charge on any atom is -0.349 e. The highest BCUT2D eigenvalue weighted by Crippen LogP contribution is 2.20. The average Bonchev–Trinajstić information content (AvgIpc) is 3.19. The second kappa shape index (κ2) is 5.96. The van der Waals surface area contributed by atoms with E-state index in [2.05, 4.69) is 35.7 Å². The summed E-state index contributed by atoms with van der Waals surface area (Å²) in [6.45, 7) is 2.75. The SMILES string of the molecule is Cc1n[nH]nc1C(=O)N1CCC1CNC(=O)c1cc2cncnc2[nH]1. The van der Waals surface area contributed by atoms with Gasteiger partial charge >= 0.3 is 0 Å². The van der Waals surface area contributed by atoms with Crippen LogP contribution in [0.1, 0.15) is 33.1 Å². The van der Waals surface area contributed by atoms with Crippen molar-refractivity contribution in [2.45, 2.75) is 19.4 Å². The Balaban J connectivity index is 1.38. The lowest BCUT2D eigenvalue weighted by Crippen LogP contribution is -2.56. The van der Waals surface area contributed by atoms with E-state index in [-0.39, 0.29) is 17.9 Å². The summed E-state index contributed by atoms with van der Waals surface area (Å²) in [4.78, 5) is 37.4. The number of carbonyl (C=O) groups excluding carboxylic acids is 2. The van der Waals surface area contributed by atoms with E-state index >= 15 is 0 Å². The van der Waals surface area contributed by atoms with Gasteiger partial charge in [0, 0.05) is 24.7 Å². The number of amides is 2. The van der Waals surface area contributed by atoms with Crippen molar-refractivity contribution >= 4 is 22.8 Å². The number of hydrogen-bond donors (Lipinski definition) is 3. The first-order valence-corrected chi connectivity index (χ1v) is 7.88. The Labute approximate surface area is 142 Å². The topological polar surface area (TPSA) is 133 Å². The molecule has 4 rings (SSSR count). The van der Waals surface area contributed by atoms with Crippen LogP contribution < -0.4 is 5.32 Å². The smallest absolute Gasteiger partial charge is 0.276 e. The van der Waals surface area contributed by atoms with Crippen molar-refractivity contribution in [3.05, 3.63) is 35.7 Å². The van der Waals surface area contributed by atoms with Gasteiger partial charge in [-0.15, -0.1) is 0 Å². The summed E-state index contributed by atoms with van der Waals surface area (Å²) < 4.78 is 0. The van der Waals surface area contributed by atoms with Gasteiger partial charge in [-0.25, -0.2) is 9.97 Å². The third-order valence-electron chi connectivity index (χ3n) is 4.37. The number of hydrogen-bond acceptors (Lipinski definition) is 6. The number of nitrogens with one attached hydrogen (secondary N) is 3. The molecule has 1 aliphatic heterocycles. The fourth-order valence-corrected chi connectivity index (χ4v) is 2.84. The first kappa shape index (κ1) is 15.2. The lowest BCUT2D eigenvalue weighted by Gasteiger charge is -2.40. The number of aromatic amines is 2. The standard InChI is InChI=1S/C15H16N8O2/c1-8-12(21-22-20-8)15(25)23-3-2-10(23)6-17-14(24)11-4-9-5-16-7-18-13(9)19-11/h4-5,7,10H,2-3,6H2,1H3,(H,17,24)(H,16,18,19)(H,20,21,22). The minimum absolute atomic E-state index is 0.0447. The third kappa shape index (κ3) is 2.71. The average molecular weight is 340 g/mol. The molecule has 2 amide bonds. The largest absolute Gasteiger partial charge is 0.349 e. The van der Waals surface area contributed by atoms with Gasteiger partial charge in [0.05, 0.1) is 11.7 Å². The highest BCUT2D eigenvalue weighted by atomic mass is 16.2. The van der Waals surface area contributed by atoms with E-state index in [1.165, 1.54) is 6.33 Å². The minimum atomic E-state index is -0.241. The van der Waals surface area contributed by atoms with E-state index in [9.17, 15) is 9.59 Å². The maximum absolute atomic E-state index is 12.4. The Morgan fingerprint density at radius 1 is 1.40 bits per heavy atom. The number of aryl methyl sites for hydroxylation is 1. The van der Waals surface area contributed by atoms with Crippen LogP contribution in [0.25, 0.3) is 11.0 Å². The molecule has 0 radical (unpaired) electrons. The Hall–Kier alpha value is -3.30. The van der Waals surface area contributed by atoms with Crippen LogP contribution in [0.5, 0.6) is 0 Å². The summed E-state index contributed by atoms with van der Waals surface area (Å²) in [7, 11) is 0. The molecule has 0 aliphatic carbocycles.